The Kier molecular flexibility index (Phi) is 6.81. The molecule has 0 fully saturated rings. The van der Waals surface area contributed by atoms with Gasteiger partial charge in [-0.2, -0.15) is 5.10 Å². The molecular weight excluding hydrogens is 426 g/mol. The Balaban J connectivity index is 1.39. The number of anilines is 1. The van der Waals surface area contributed by atoms with Gasteiger partial charge in [-0.1, -0.05) is 42.1 Å². The molecule has 0 bridgehead atoms. The third-order valence-corrected chi connectivity index (χ3v) is 5.56. The lowest BCUT2D eigenvalue weighted by Gasteiger charge is -2.09. The van der Waals surface area contributed by atoms with Gasteiger partial charge in [0.15, 0.2) is 10.3 Å². The highest BCUT2D eigenvalue weighted by atomic mass is 32.2. The van der Waals surface area contributed by atoms with E-state index in [2.05, 4.69) is 25.8 Å². The largest absolute Gasteiger partial charge is 0.496 e. The summed E-state index contributed by atoms with van der Waals surface area (Å²) in [6.45, 7) is 0. The van der Waals surface area contributed by atoms with Crippen LogP contribution in [0.1, 0.15) is 11.1 Å². The first-order valence-electron chi connectivity index (χ1n) is 9.61. The molecule has 0 saturated heterocycles. The van der Waals surface area contributed by atoms with Gasteiger partial charge in [0, 0.05) is 17.0 Å². The van der Waals surface area contributed by atoms with Gasteiger partial charge in [0.2, 0.25) is 0 Å². The number of hydrazone groups is 1. The summed E-state index contributed by atoms with van der Waals surface area (Å²) in [5, 5.41) is 8.62. The smallest absolute Gasteiger partial charge is 0.191 e. The second-order valence-electron chi connectivity index (χ2n) is 6.61. The molecule has 0 amide bonds. The summed E-state index contributed by atoms with van der Waals surface area (Å²) in [4.78, 5) is 7.96. The number of H-pyrrole nitrogens is 1. The maximum Gasteiger partial charge on any atom is 0.191 e. The van der Waals surface area contributed by atoms with Crippen molar-refractivity contribution in [2.24, 2.45) is 5.10 Å². The zero-order valence-electron chi connectivity index (χ0n) is 16.8. The monoisotopic (exact) mass is 447 g/mol. The molecule has 4 aromatic rings. The number of benzene rings is 3. The maximum absolute atomic E-state index is 5.52. The number of methoxy groups -OCH3 is 1. The van der Waals surface area contributed by atoms with Crippen LogP contribution in [0.25, 0.3) is 11.0 Å². The molecule has 6 nitrogen and oxygen atoms in total. The Labute approximate surface area is 190 Å². The first-order valence-corrected chi connectivity index (χ1v) is 11.0. The molecule has 0 aliphatic carbocycles. The molecule has 1 heterocycles. The van der Waals surface area contributed by atoms with Crippen LogP contribution in [-0.4, -0.2) is 28.4 Å². The predicted molar refractivity (Wildman–Crippen MR) is 132 cm³/mol. The Bertz CT molecular complexity index is 1170. The Hall–Kier alpha value is -3.36. The number of aromatic nitrogens is 2. The van der Waals surface area contributed by atoms with E-state index in [0.29, 0.717) is 10.9 Å². The van der Waals surface area contributed by atoms with E-state index in [1.165, 1.54) is 0 Å². The highest BCUT2D eigenvalue weighted by molar-refractivity contribution is 7.98. The van der Waals surface area contributed by atoms with Gasteiger partial charge in [0.1, 0.15) is 5.75 Å². The van der Waals surface area contributed by atoms with Gasteiger partial charge in [-0.05, 0) is 60.2 Å². The third kappa shape index (κ3) is 5.62. The SMILES string of the molecule is COc1ccc(/C=N\NC(=S)Nc2ccccc2)cc1CSc1nc2ccccc2[nH]1. The minimum absolute atomic E-state index is 0.427. The molecular formula is C23H21N5OS2. The average Bonchev–Trinajstić information content (AvgIpc) is 3.21. The quantitative estimate of drug-likeness (QED) is 0.157. The molecule has 3 aromatic carbocycles. The fourth-order valence-corrected chi connectivity index (χ4v) is 4.01. The second kappa shape index (κ2) is 10.1. The van der Waals surface area contributed by atoms with E-state index in [9.17, 15) is 0 Å². The number of thiocarbonyl (C=S) groups is 1. The van der Waals surface area contributed by atoms with Gasteiger partial charge in [-0.15, -0.1) is 0 Å². The van der Waals surface area contributed by atoms with Crippen molar-refractivity contribution in [1.29, 1.82) is 0 Å². The Morgan fingerprint density at radius 1 is 1.13 bits per heavy atom. The summed E-state index contributed by atoms with van der Waals surface area (Å²) in [6.07, 6.45) is 1.73. The first-order chi connectivity index (χ1) is 15.2. The number of hydrogen-bond donors (Lipinski definition) is 3. The summed E-state index contributed by atoms with van der Waals surface area (Å²) < 4.78 is 5.52. The summed E-state index contributed by atoms with van der Waals surface area (Å²) in [5.74, 6) is 1.54. The number of ether oxygens (including phenoxy) is 1. The number of thioether (sulfide) groups is 1. The van der Waals surface area contributed by atoms with E-state index >= 15 is 0 Å². The Morgan fingerprint density at radius 2 is 1.94 bits per heavy atom. The number of imidazole rings is 1. The molecule has 0 unspecified atom stereocenters. The van der Waals surface area contributed by atoms with Crippen LogP contribution in [0.5, 0.6) is 5.75 Å². The molecule has 4 rings (SSSR count). The lowest BCUT2D eigenvalue weighted by molar-refractivity contribution is 0.411. The number of nitrogens with zero attached hydrogens (tertiary/aromatic N) is 2. The molecule has 0 aliphatic rings. The summed E-state index contributed by atoms with van der Waals surface area (Å²) in [6, 6.07) is 23.7. The highest BCUT2D eigenvalue weighted by Crippen LogP contribution is 2.28. The van der Waals surface area contributed by atoms with Crippen LogP contribution in [-0.2, 0) is 5.75 Å². The number of rotatable bonds is 7. The molecule has 31 heavy (non-hydrogen) atoms. The van der Waals surface area contributed by atoms with Gasteiger partial charge < -0.3 is 15.0 Å². The van der Waals surface area contributed by atoms with Crippen LogP contribution in [0.15, 0.2) is 83.1 Å². The number of para-hydroxylation sites is 3. The van der Waals surface area contributed by atoms with E-state index in [-0.39, 0.29) is 0 Å². The molecule has 0 saturated carbocycles. The minimum Gasteiger partial charge on any atom is -0.496 e. The van der Waals surface area contributed by atoms with Gasteiger partial charge in [-0.25, -0.2) is 4.98 Å². The van der Waals surface area contributed by atoms with Crippen molar-refractivity contribution in [1.82, 2.24) is 15.4 Å². The minimum atomic E-state index is 0.427. The van der Waals surface area contributed by atoms with Crippen molar-refractivity contribution in [3.05, 3.63) is 83.9 Å². The Morgan fingerprint density at radius 3 is 2.74 bits per heavy atom. The standard InChI is InChI=1S/C23H21N5OS2/c1-29-21-12-11-16(14-24-28-22(30)25-18-7-3-2-4-8-18)13-17(21)15-31-23-26-19-9-5-6-10-20(19)27-23/h2-14H,15H2,1H3,(H,26,27)(H2,25,28,30)/b24-14-. The highest BCUT2D eigenvalue weighted by Gasteiger charge is 2.08. The van der Waals surface area contributed by atoms with Crippen LogP contribution in [0.3, 0.4) is 0 Å². The third-order valence-electron chi connectivity index (χ3n) is 4.45. The number of nitrogens with one attached hydrogen (secondary N) is 3. The topological polar surface area (TPSA) is 74.3 Å². The number of hydrogen-bond acceptors (Lipinski definition) is 5. The van der Waals surface area contributed by atoms with Crippen molar-refractivity contribution >= 4 is 52.0 Å². The molecule has 1 aromatic heterocycles. The van der Waals surface area contributed by atoms with Crippen LogP contribution in [0.4, 0.5) is 5.69 Å². The van der Waals surface area contributed by atoms with Gasteiger partial charge in [0.05, 0.1) is 24.4 Å². The summed E-state index contributed by atoms with van der Waals surface area (Å²) in [7, 11) is 1.67. The second-order valence-corrected chi connectivity index (χ2v) is 7.98. The van der Waals surface area contributed by atoms with Gasteiger partial charge in [-0.3, -0.25) is 5.43 Å². The molecule has 8 heteroatoms. The van der Waals surface area contributed by atoms with Crippen LogP contribution >= 0.6 is 24.0 Å². The normalized spacial score (nSPS) is 11.0. The van der Waals surface area contributed by atoms with Gasteiger partial charge >= 0.3 is 0 Å². The van der Waals surface area contributed by atoms with Gasteiger partial charge in [0.25, 0.3) is 0 Å². The zero-order chi connectivity index (χ0) is 21.5. The maximum atomic E-state index is 5.52. The van der Waals surface area contributed by atoms with E-state index in [4.69, 9.17) is 17.0 Å². The summed E-state index contributed by atoms with van der Waals surface area (Å²) in [5.41, 5.74) is 7.74. The molecule has 0 aliphatic heterocycles. The first kappa shape index (κ1) is 20.9. The van der Waals surface area contributed by atoms with Crippen molar-refractivity contribution in [3.63, 3.8) is 0 Å². The lowest BCUT2D eigenvalue weighted by atomic mass is 10.1. The van der Waals surface area contributed by atoms with Crippen molar-refractivity contribution in [3.8, 4) is 5.75 Å². The van der Waals surface area contributed by atoms with Crippen molar-refractivity contribution < 1.29 is 4.74 Å². The summed E-state index contributed by atoms with van der Waals surface area (Å²) >= 11 is 6.90. The van der Waals surface area contributed by atoms with E-state index < -0.39 is 0 Å². The van der Waals surface area contributed by atoms with Crippen LogP contribution < -0.4 is 15.5 Å². The zero-order valence-corrected chi connectivity index (χ0v) is 18.5. The number of fused-ring (bicyclic) bond motifs is 1. The van der Waals surface area contributed by atoms with E-state index in [1.54, 1.807) is 25.1 Å². The fraction of sp³-hybridized carbons (Fsp3) is 0.0870. The van der Waals surface area contributed by atoms with Crippen molar-refractivity contribution in [2.75, 3.05) is 12.4 Å². The number of aromatic amines is 1. The molecule has 0 spiro atoms. The van der Waals surface area contributed by atoms with E-state index in [0.717, 1.165) is 38.8 Å². The van der Waals surface area contributed by atoms with Crippen LogP contribution in [0.2, 0.25) is 0 Å². The van der Waals surface area contributed by atoms with E-state index in [1.807, 2.05) is 72.8 Å². The van der Waals surface area contributed by atoms with Crippen molar-refractivity contribution in [2.45, 2.75) is 10.9 Å². The molecule has 156 valence electrons. The van der Waals surface area contributed by atoms with Crippen LogP contribution in [0, 0.1) is 0 Å². The average molecular weight is 448 g/mol. The molecule has 0 atom stereocenters. The molecule has 3 N–H and O–H groups in total. The molecule has 0 radical (unpaired) electrons. The predicted octanol–water partition coefficient (Wildman–Crippen LogP) is 5.18. The fourth-order valence-electron chi connectivity index (χ4n) is 2.98. The lowest BCUT2D eigenvalue weighted by Crippen LogP contribution is -2.23.